The van der Waals surface area contributed by atoms with Crippen LogP contribution < -0.4 is 15.5 Å². The Kier molecular flexibility index (Phi) is 7.00. The second-order valence-electron chi connectivity index (χ2n) is 7.45. The number of carbonyl (C=O) groups excluding carboxylic acids is 2. The molecule has 0 aliphatic heterocycles. The van der Waals surface area contributed by atoms with Crippen molar-refractivity contribution in [3.63, 3.8) is 0 Å². The maximum absolute atomic E-state index is 12.2. The third kappa shape index (κ3) is 5.00. The van der Waals surface area contributed by atoms with Crippen molar-refractivity contribution in [2.24, 2.45) is 5.10 Å². The van der Waals surface area contributed by atoms with Gasteiger partial charge in [0.15, 0.2) is 0 Å². The summed E-state index contributed by atoms with van der Waals surface area (Å²) < 4.78 is 7.30. The number of hydrogen-bond acceptors (Lipinski definition) is 4. The molecule has 0 fully saturated rings. The number of ether oxygens (including phenoxy) is 1. The molecule has 166 valence electrons. The normalized spacial score (nSPS) is 10.9. The molecule has 0 spiro atoms. The Balaban J connectivity index is 1.72. The van der Waals surface area contributed by atoms with E-state index in [1.165, 1.54) is 25.0 Å². The number of aromatic nitrogens is 1. The highest BCUT2D eigenvalue weighted by atomic mass is 35.5. The number of hydrogen-bond donors (Lipinski definition) is 2. The first kappa shape index (κ1) is 23.1. The molecule has 2 N–H and O–H groups in total. The second kappa shape index (κ2) is 9.70. The van der Waals surface area contributed by atoms with Crippen LogP contribution in [0.3, 0.4) is 0 Å². The fraction of sp³-hybridized carbons (Fsp3) is 0.208. The molecule has 0 saturated heterocycles. The smallest absolute Gasteiger partial charge is 0.329 e. The highest BCUT2D eigenvalue weighted by molar-refractivity contribution is 6.40. The molecule has 0 unspecified atom stereocenters. The number of anilines is 1. The third-order valence-electron chi connectivity index (χ3n) is 5.05. The van der Waals surface area contributed by atoms with Crippen molar-refractivity contribution in [3.8, 4) is 11.4 Å². The lowest BCUT2D eigenvalue weighted by molar-refractivity contribution is -0.136. The lowest BCUT2D eigenvalue weighted by Gasteiger charge is -2.13. The van der Waals surface area contributed by atoms with Crippen molar-refractivity contribution in [3.05, 3.63) is 75.6 Å². The number of hydrazone groups is 1. The van der Waals surface area contributed by atoms with Crippen molar-refractivity contribution < 1.29 is 14.3 Å². The number of amides is 2. The summed E-state index contributed by atoms with van der Waals surface area (Å²) in [6, 6.07) is 13.0. The Morgan fingerprint density at radius 1 is 1.03 bits per heavy atom. The van der Waals surface area contributed by atoms with Crippen LogP contribution >= 0.6 is 11.6 Å². The molecule has 1 aromatic heterocycles. The number of benzene rings is 2. The van der Waals surface area contributed by atoms with Crippen LogP contribution in [0.5, 0.6) is 5.75 Å². The molecule has 0 saturated carbocycles. The Hall–Kier alpha value is -3.58. The minimum Gasteiger partial charge on any atom is -0.495 e. The SMILES string of the molecule is COc1ccc(Cl)cc1NC(=O)C(=O)N/N=C\c1cc(C)n(-c2ccc(C)cc2C)c1C. The van der Waals surface area contributed by atoms with Gasteiger partial charge < -0.3 is 14.6 Å². The number of aryl methyl sites for hydroxylation is 3. The molecule has 1 heterocycles. The molecule has 0 aliphatic carbocycles. The summed E-state index contributed by atoms with van der Waals surface area (Å²) in [4.78, 5) is 24.4. The highest BCUT2D eigenvalue weighted by Crippen LogP contribution is 2.27. The summed E-state index contributed by atoms with van der Waals surface area (Å²) in [5.74, 6) is -1.41. The maximum atomic E-state index is 12.2. The fourth-order valence-corrected chi connectivity index (χ4v) is 3.69. The first-order chi connectivity index (χ1) is 15.2. The average molecular weight is 453 g/mol. The zero-order chi connectivity index (χ0) is 23.4. The lowest BCUT2D eigenvalue weighted by atomic mass is 10.1. The topological polar surface area (TPSA) is 84.7 Å². The molecule has 8 heteroatoms. The van der Waals surface area contributed by atoms with E-state index in [0.29, 0.717) is 16.5 Å². The van der Waals surface area contributed by atoms with Crippen LogP contribution in [0, 0.1) is 27.7 Å². The molecule has 7 nitrogen and oxygen atoms in total. The van der Waals surface area contributed by atoms with Gasteiger partial charge in [0, 0.05) is 27.7 Å². The van der Waals surface area contributed by atoms with Gasteiger partial charge in [-0.05, 0) is 63.6 Å². The second-order valence-corrected chi connectivity index (χ2v) is 7.89. The Morgan fingerprint density at radius 3 is 2.47 bits per heavy atom. The van der Waals surface area contributed by atoms with Crippen molar-refractivity contribution >= 4 is 35.3 Å². The minimum atomic E-state index is -0.911. The van der Waals surface area contributed by atoms with E-state index in [4.69, 9.17) is 16.3 Å². The Morgan fingerprint density at radius 2 is 1.78 bits per heavy atom. The van der Waals surface area contributed by atoms with Gasteiger partial charge in [0.25, 0.3) is 0 Å². The van der Waals surface area contributed by atoms with Gasteiger partial charge in [0.2, 0.25) is 0 Å². The van der Waals surface area contributed by atoms with Gasteiger partial charge in [-0.15, -0.1) is 0 Å². The first-order valence-corrected chi connectivity index (χ1v) is 10.3. The monoisotopic (exact) mass is 452 g/mol. The van der Waals surface area contributed by atoms with Crippen LogP contribution in [0.2, 0.25) is 5.02 Å². The van der Waals surface area contributed by atoms with E-state index in [-0.39, 0.29) is 0 Å². The van der Waals surface area contributed by atoms with Crippen LogP contribution in [0.15, 0.2) is 47.6 Å². The van der Waals surface area contributed by atoms with Crippen molar-refractivity contribution in [2.45, 2.75) is 27.7 Å². The van der Waals surface area contributed by atoms with Crippen molar-refractivity contribution in [1.82, 2.24) is 9.99 Å². The molecule has 32 heavy (non-hydrogen) atoms. The number of halogens is 1. The number of nitrogens with zero attached hydrogens (tertiary/aromatic N) is 2. The van der Waals surface area contributed by atoms with Gasteiger partial charge in [0.1, 0.15) is 5.75 Å². The predicted molar refractivity (Wildman–Crippen MR) is 127 cm³/mol. The molecular formula is C24H25ClN4O3. The molecule has 0 bridgehead atoms. The summed E-state index contributed by atoms with van der Waals surface area (Å²) in [5, 5.41) is 6.82. The first-order valence-electron chi connectivity index (χ1n) is 9.95. The number of methoxy groups -OCH3 is 1. The molecule has 2 amide bonds. The van der Waals surface area contributed by atoms with E-state index in [0.717, 1.165) is 28.2 Å². The minimum absolute atomic E-state index is 0.293. The molecule has 2 aromatic carbocycles. The van der Waals surface area contributed by atoms with E-state index in [2.05, 4.69) is 52.5 Å². The van der Waals surface area contributed by atoms with Gasteiger partial charge in [-0.2, -0.15) is 5.10 Å². The summed E-state index contributed by atoms with van der Waals surface area (Å²) in [6.07, 6.45) is 1.52. The van der Waals surface area contributed by atoms with Crippen molar-refractivity contribution in [2.75, 3.05) is 12.4 Å². The van der Waals surface area contributed by atoms with Crippen LogP contribution in [0.4, 0.5) is 5.69 Å². The van der Waals surface area contributed by atoms with Crippen LogP contribution in [-0.2, 0) is 9.59 Å². The van der Waals surface area contributed by atoms with E-state index >= 15 is 0 Å². The molecule has 0 radical (unpaired) electrons. The Labute approximate surface area is 192 Å². The predicted octanol–water partition coefficient (Wildman–Crippen LogP) is 4.46. The van der Waals surface area contributed by atoms with E-state index in [1.54, 1.807) is 12.1 Å². The van der Waals surface area contributed by atoms with E-state index in [1.807, 2.05) is 19.9 Å². The fourth-order valence-electron chi connectivity index (χ4n) is 3.51. The van der Waals surface area contributed by atoms with Crippen LogP contribution in [0.25, 0.3) is 5.69 Å². The van der Waals surface area contributed by atoms with E-state index < -0.39 is 11.8 Å². The van der Waals surface area contributed by atoms with Crippen molar-refractivity contribution in [1.29, 1.82) is 0 Å². The van der Waals surface area contributed by atoms with Gasteiger partial charge in [-0.25, -0.2) is 5.43 Å². The maximum Gasteiger partial charge on any atom is 0.329 e. The quantitative estimate of drug-likeness (QED) is 0.340. The number of nitrogens with one attached hydrogen (secondary N) is 2. The zero-order valence-electron chi connectivity index (χ0n) is 18.6. The molecular weight excluding hydrogens is 428 g/mol. The molecule has 3 rings (SSSR count). The van der Waals surface area contributed by atoms with Crippen LogP contribution in [0.1, 0.15) is 28.1 Å². The van der Waals surface area contributed by atoms with Crippen LogP contribution in [-0.4, -0.2) is 29.7 Å². The molecule has 0 atom stereocenters. The number of rotatable bonds is 5. The summed E-state index contributed by atoms with van der Waals surface area (Å²) in [6.45, 7) is 8.12. The van der Waals surface area contributed by atoms with Gasteiger partial charge in [0.05, 0.1) is 19.0 Å². The average Bonchev–Trinajstić information content (AvgIpc) is 3.01. The number of carbonyl (C=O) groups is 2. The van der Waals surface area contributed by atoms with E-state index in [9.17, 15) is 9.59 Å². The molecule has 3 aromatic rings. The van der Waals surface area contributed by atoms with Gasteiger partial charge in [-0.1, -0.05) is 29.3 Å². The summed E-state index contributed by atoms with van der Waals surface area (Å²) >= 11 is 5.95. The lowest BCUT2D eigenvalue weighted by Crippen LogP contribution is -2.32. The zero-order valence-corrected chi connectivity index (χ0v) is 19.4. The van der Waals surface area contributed by atoms with Gasteiger partial charge >= 0.3 is 11.8 Å². The standard InChI is InChI=1S/C24H25ClN4O3/c1-14-6-8-21(15(2)10-14)29-16(3)11-18(17(29)4)13-26-28-24(31)23(30)27-20-12-19(25)7-9-22(20)32-5/h6-13H,1-5H3,(H,27,30)(H,28,31)/b26-13-. The summed E-state index contributed by atoms with van der Waals surface area (Å²) in [5.41, 5.74) is 8.84. The van der Waals surface area contributed by atoms with Gasteiger partial charge in [-0.3, -0.25) is 9.59 Å². The largest absolute Gasteiger partial charge is 0.495 e. The summed E-state index contributed by atoms with van der Waals surface area (Å²) in [7, 11) is 1.46. The highest BCUT2D eigenvalue weighted by Gasteiger charge is 2.16. The Bertz CT molecular complexity index is 1210. The third-order valence-corrected chi connectivity index (χ3v) is 5.28. The molecule has 0 aliphatic rings.